The van der Waals surface area contributed by atoms with Crippen molar-refractivity contribution in [3.05, 3.63) is 36.4 Å². The Labute approximate surface area is 99.7 Å². The van der Waals surface area contributed by atoms with Gasteiger partial charge in [-0.15, -0.1) is 12.1 Å². The molecule has 12 heavy (non-hydrogen) atoms. The fraction of sp³-hybridized carbons (Fsp3) is 0.111. The van der Waals surface area contributed by atoms with Crippen LogP contribution in [0.15, 0.2) is 24.3 Å². The van der Waals surface area contributed by atoms with E-state index in [1.54, 1.807) is 13.2 Å². The van der Waals surface area contributed by atoms with Crippen LogP contribution in [0.5, 0.6) is 5.75 Å². The molecule has 0 saturated heterocycles. The Morgan fingerprint density at radius 2 is 1.75 bits per heavy atom. The van der Waals surface area contributed by atoms with E-state index in [4.69, 9.17) is 11.3 Å². The summed E-state index contributed by atoms with van der Waals surface area (Å²) in [6, 6.07) is 7.55. The van der Waals surface area contributed by atoms with Crippen LogP contribution in [0.1, 0.15) is 5.56 Å². The van der Waals surface area contributed by atoms with Crippen molar-refractivity contribution in [1.82, 2.24) is 0 Å². The predicted molar refractivity (Wildman–Crippen MR) is 47.5 cm³/mol. The first-order valence-corrected chi connectivity index (χ1v) is 3.06. The van der Waals surface area contributed by atoms with Gasteiger partial charge in [0.1, 0.15) is 5.75 Å². The van der Waals surface area contributed by atoms with E-state index in [9.17, 15) is 0 Å². The molecule has 0 heterocycles. The molecule has 60 valence electrons. The number of halogens is 1. The van der Waals surface area contributed by atoms with Crippen molar-refractivity contribution < 1.29 is 21.7 Å². The van der Waals surface area contributed by atoms with Crippen LogP contribution in [0.2, 0.25) is 0 Å². The quantitative estimate of drug-likeness (QED) is 0.462. The van der Waals surface area contributed by atoms with E-state index in [0.29, 0.717) is 0 Å². The third kappa shape index (κ3) is 4.14. The minimum Gasteiger partial charge on any atom is -1.00 e. The van der Waals surface area contributed by atoms with Gasteiger partial charge in [0.2, 0.25) is 0 Å². The molecule has 3 heteroatoms. The molecule has 1 aromatic rings. The minimum atomic E-state index is 0. The van der Waals surface area contributed by atoms with Gasteiger partial charge in [0.15, 0.2) is 0 Å². The van der Waals surface area contributed by atoms with Crippen LogP contribution >= 0.6 is 0 Å². The van der Waals surface area contributed by atoms with E-state index in [1.165, 1.54) is 0 Å². The summed E-state index contributed by atoms with van der Waals surface area (Å²) in [5.41, 5.74) is 1.00. The zero-order valence-corrected chi connectivity index (χ0v) is 9.96. The Balaban J connectivity index is 0. The van der Waals surface area contributed by atoms with Crippen molar-refractivity contribution in [2.45, 2.75) is 0 Å². The van der Waals surface area contributed by atoms with Crippen molar-refractivity contribution in [3.8, 4) is 5.75 Å². The Morgan fingerprint density at radius 3 is 2.08 bits per heavy atom. The first-order chi connectivity index (χ1) is 4.86. The molecule has 0 amide bonds. The Hall–Kier alpha value is 0.00623. The van der Waals surface area contributed by atoms with Crippen molar-refractivity contribution in [1.29, 1.82) is 0 Å². The van der Waals surface area contributed by atoms with Crippen LogP contribution in [-0.2, 0) is 0 Å². The number of hydrogen-bond donors (Lipinski definition) is 0. The first-order valence-electron chi connectivity index (χ1n) is 3.06. The molecule has 0 aliphatic heterocycles. The monoisotopic (exact) mass is 236 g/mol. The summed E-state index contributed by atoms with van der Waals surface area (Å²) in [5.74, 6) is 0.852. The van der Waals surface area contributed by atoms with Gasteiger partial charge in [-0.1, -0.05) is 0 Å². The molecule has 1 aromatic carbocycles. The van der Waals surface area contributed by atoms with Gasteiger partial charge in [-0.25, -0.2) is 6.08 Å². The van der Waals surface area contributed by atoms with Crippen molar-refractivity contribution in [3.63, 3.8) is 0 Å². The van der Waals surface area contributed by atoms with Gasteiger partial charge in [0, 0.05) is 0 Å². The first kappa shape index (κ1) is 14.5. The average Bonchev–Trinajstić information content (AvgIpc) is 2.05. The van der Waals surface area contributed by atoms with Gasteiger partial charge in [0.25, 0.3) is 0 Å². The van der Waals surface area contributed by atoms with Gasteiger partial charge >= 0.3 is 23.1 Å². The number of rotatable bonds is 2. The second-order valence-corrected chi connectivity index (χ2v) is 1.94. The van der Waals surface area contributed by atoms with E-state index >= 15 is 0 Å². The minimum absolute atomic E-state index is 0. The third-order valence-electron chi connectivity index (χ3n) is 1.31. The topological polar surface area (TPSA) is 9.23 Å². The fourth-order valence-electron chi connectivity index (χ4n) is 0.715. The summed E-state index contributed by atoms with van der Waals surface area (Å²) in [5, 5.41) is 0. The average molecular weight is 237 g/mol. The molecule has 0 radical (unpaired) electrons. The summed E-state index contributed by atoms with van der Waals surface area (Å²) in [4.78, 5) is 0. The molecule has 1 rings (SSSR count). The van der Waals surface area contributed by atoms with Gasteiger partial charge in [-0.2, -0.15) is 5.56 Å². The number of ether oxygens (including phenoxy) is 1. The van der Waals surface area contributed by atoms with E-state index < -0.39 is 0 Å². The van der Waals surface area contributed by atoms with Crippen molar-refractivity contribution >= 4 is 29.1 Å². The maximum absolute atomic E-state index is 5.28. The Bertz CT molecular complexity index is 220. The molecule has 0 aliphatic carbocycles. The molecule has 0 bridgehead atoms. The SMILES string of the molecule is [Br-].[CH-]=Cc1ccc(OC)cc1.[Mg+2]. The molecule has 0 unspecified atom stereocenters. The van der Waals surface area contributed by atoms with Gasteiger partial charge in [0.05, 0.1) is 7.11 Å². The van der Waals surface area contributed by atoms with Crippen molar-refractivity contribution in [2.75, 3.05) is 7.11 Å². The molecule has 0 aromatic heterocycles. The normalized spacial score (nSPS) is 7.42. The molecule has 0 saturated carbocycles. The Morgan fingerprint density at radius 1 is 1.25 bits per heavy atom. The van der Waals surface area contributed by atoms with Crippen LogP contribution in [-0.4, -0.2) is 30.2 Å². The summed E-state index contributed by atoms with van der Waals surface area (Å²) < 4.78 is 4.96. The maximum atomic E-state index is 5.28. The van der Waals surface area contributed by atoms with Crippen LogP contribution in [0.25, 0.3) is 6.08 Å². The van der Waals surface area contributed by atoms with Crippen LogP contribution < -0.4 is 21.7 Å². The zero-order valence-electron chi connectivity index (χ0n) is 6.96. The standard InChI is InChI=1S/C9H9O.BrH.Mg/c1-3-8-4-6-9(10-2)7-5-8;;/h1,3-7H,2H3;1H;/q-1;;+2/p-1. The molecule has 0 atom stereocenters. The summed E-state index contributed by atoms with van der Waals surface area (Å²) in [6.45, 7) is 5.28. The maximum Gasteiger partial charge on any atom is 2.00 e. The Kier molecular flexibility index (Phi) is 9.25. The summed E-state index contributed by atoms with van der Waals surface area (Å²) in [6.07, 6.45) is 1.56. The van der Waals surface area contributed by atoms with E-state index in [0.717, 1.165) is 11.3 Å². The van der Waals surface area contributed by atoms with Crippen molar-refractivity contribution in [2.24, 2.45) is 0 Å². The largest absolute Gasteiger partial charge is 2.00 e. The molecule has 1 nitrogen and oxygen atoms in total. The fourth-order valence-corrected chi connectivity index (χ4v) is 0.715. The van der Waals surface area contributed by atoms with Crippen LogP contribution in [0.4, 0.5) is 0 Å². The molecular formula is C9H9BrMgO. The van der Waals surface area contributed by atoms with E-state index in [2.05, 4.69) is 0 Å². The van der Waals surface area contributed by atoms with E-state index in [-0.39, 0.29) is 40.0 Å². The van der Waals surface area contributed by atoms with Crippen LogP contribution in [0.3, 0.4) is 0 Å². The molecule has 0 fully saturated rings. The number of benzene rings is 1. The second kappa shape index (κ2) is 7.64. The molecule has 0 aliphatic rings. The van der Waals surface area contributed by atoms with Crippen LogP contribution in [0, 0.1) is 6.58 Å². The molecule has 0 N–H and O–H groups in total. The summed E-state index contributed by atoms with van der Waals surface area (Å²) >= 11 is 0. The summed E-state index contributed by atoms with van der Waals surface area (Å²) in [7, 11) is 1.64. The smallest absolute Gasteiger partial charge is 1.00 e. The third-order valence-corrected chi connectivity index (χ3v) is 1.31. The number of methoxy groups -OCH3 is 1. The predicted octanol–water partition coefficient (Wildman–Crippen LogP) is -1.24. The van der Waals surface area contributed by atoms with Gasteiger partial charge in [-0.3, -0.25) is 6.58 Å². The number of hydrogen-bond acceptors (Lipinski definition) is 1. The zero-order chi connectivity index (χ0) is 7.40. The molecule has 0 spiro atoms. The van der Waals surface area contributed by atoms with E-state index in [1.807, 2.05) is 24.3 Å². The van der Waals surface area contributed by atoms with Gasteiger partial charge < -0.3 is 21.7 Å². The second-order valence-electron chi connectivity index (χ2n) is 1.94. The molecular weight excluding hydrogens is 228 g/mol. The van der Waals surface area contributed by atoms with Gasteiger partial charge in [-0.05, 0) is 12.1 Å².